The highest BCUT2D eigenvalue weighted by Gasteiger charge is 2.11. The monoisotopic (exact) mass is 549 g/mol. The second-order valence-corrected chi connectivity index (χ2v) is 8.73. The van der Waals surface area contributed by atoms with Gasteiger partial charge in [0.25, 0.3) is 0 Å². The van der Waals surface area contributed by atoms with Crippen molar-refractivity contribution in [3.05, 3.63) is 42.1 Å². The first-order valence-electron chi connectivity index (χ1n) is 6.78. The van der Waals surface area contributed by atoms with E-state index in [-0.39, 0.29) is 24.0 Å². The van der Waals surface area contributed by atoms with E-state index in [1.807, 2.05) is 25.1 Å². The van der Waals surface area contributed by atoms with Crippen molar-refractivity contribution >= 4 is 80.1 Å². The Labute approximate surface area is 174 Å². The second kappa shape index (κ2) is 10.9. The summed E-state index contributed by atoms with van der Waals surface area (Å²) in [7, 11) is 0. The van der Waals surface area contributed by atoms with Gasteiger partial charge in [0.1, 0.15) is 6.10 Å². The maximum Gasteiger partial charge on any atom is 0.191 e. The molecule has 0 radical (unpaired) electrons. The number of guanidine groups is 1. The molecule has 0 saturated carbocycles. The lowest BCUT2D eigenvalue weighted by Crippen LogP contribution is -2.39. The predicted octanol–water partition coefficient (Wildman–Crippen LogP) is 4.63. The molecule has 0 aliphatic rings. The molecule has 2 aromatic rings. The van der Waals surface area contributed by atoms with Crippen molar-refractivity contribution in [2.45, 2.75) is 19.6 Å². The SMILES string of the molecule is CCNC(=NCc1ccc(Br)s1)NCC(O)c1ccc(Cl)s1.I. The summed E-state index contributed by atoms with van der Waals surface area (Å²) in [5, 5.41) is 16.5. The lowest BCUT2D eigenvalue weighted by atomic mass is 10.3. The summed E-state index contributed by atoms with van der Waals surface area (Å²) in [5.74, 6) is 0.689. The van der Waals surface area contributed by atoms with Crippen LogP contribution in [0.5, 0.6) is 0 Å². The smallest absolute Gasteiger partial charge is 0.191 e. The lowest BCUT2D eigenvalue weighted by molar-refractivity contribution is 0.184. The number of aliphatic imine (C=N–C) groups is 1. The first-order valence-corrected chi connectivity index (χ1v) is 9.58. The van der Waals surface area contributed by atoms with E-state index in [1.165, 1.54) is 16.2 Å². The Hall–Kier alpha value is 0.130. The van der Waals surface area contributed by atoms with Crippen LogP contribution in [0.25, 0.3) is 0 Å². The number of halogens is 3. The summed E-state index contributed by atoms with van der Waals surface area (Å²) in [6.45, 7) is 3.76. The largest absolute Gasteiger partial charge is 0.386 e. The third-order valence-electron chi connectivity index (χ3n) is 2.75. The van der Waals surface area contributed by atoms with Crippen LogP contribution in [0.1, 0.15) is 22.8 Å². The quantitative estimate of drug-likeness (QED) is 0.279. The standard InChI is InChI=1S/C14H17BrClN3OS2.HI/c1-2-17-14(18-7-9-3-5-12(15)21-9)19-8-10(20)11-4-6-13(16)22-11;/h3-6,10,20H,2,7-8H2,1H3,(H2,17,18,19);1H. The zero-order chi connectivity index (χ0) is 15.9. The van der Waals surface area contributed by atoms with Gasteiger partial charge in [-0.3, -0.25) is 0 Å². The summed E-state index contributed by atoms with van der Waals surface area (Å²) in [5.41, 5.74) is 0. The summed E-state index contributed by atoms with van der Waals surface area (Å²) < 4.78 is 1.78. The molecule has 1 unspecified atom stereocenters. The fraction of sp³-hybridized carbons (Fsp3) is 0.357. The van der Waals surface area contributed by atoms with Crippen molar-refractivity contribution in [1.82, 2.24) is 10.6 Å². The highest BCUT2D eigenvalue weighted by molar-refractivity contribution is 14.0. The fourth-order valence-corrected chi connectivity index (χ4v) is 4.19. The molecule has 3 N–H and O–H groups in total. The van der Waals surface area contributed by atoms with Gasteiger partial charge in [0.05, 0.1) is 14.7 Å². The number of hydrogen-bond donors (Lipinski definition) is 3. The number of hydrogen-bond acceptors (Lipinski definition) is 4. The summed E-state index contributed by atoms with van der Waals surface area (Å²) in [6, 6.07) is 7.69. The van der Waals surface area contributed by atoms with Crippen LogP contribution >= 0.6 is 74.2 Å². The summed E-state index contributed by atoms with van der Waals surface area (Å²) in [6.07, 6.45) is -0.600. The average molecular weight is 551 g/mol. The van der Waals surface area contributed by atoms with Gasteiger partial charge in [-0.1, -0.05) is 11.6 Å². The Balaban J connectivity index is 0.00000264. The molecule has 0 saturated heterocycles. The van der Waals surface area contributed by atoms with Crippen molar-refractivity contribution in [2.75, 3.05) is 13.1 Å². The van der Waals surface area contributed by atoms with Gasteiger partial charge in [-0.15, -0.1) is 46.7 Å². The molecule has 2 aromatic heterocycles. The fourth-order valence-electron chi connectivity index (χ4n) is 1.74. The van der Waals surface area contributed by atoms with Gasteiger partial charge in [0.15, 0.2) is 5.96 Å². The van der Waals surface area contributed by atoms with Gasteiger partial charge in [0, 0.05) is 22.8 Å². The number of aliphatic hydroxyl groups is 1. The van der Waals surface area contributed by atoms with Crippen LogP contribution < -0.4 is 10.6 Å². The summed E-state index contributed by atoms with van der Waals surface area (Å²) >= 11 is 12.4. The van der Waals surface area contributed by atoms with Crippen LogP contribution in [0, 0.1) is 0 Å². The molecule has 23 heavy (non-hydrogen) atoms. The van der Waals surface area contributed by atoms with Gasteiger partial charge in [-0.2, -0.15) is 0 Å². The van der Waals surface area contributed by atoms with Crippen molar-refractivity contribution < 1.29 is 5.11 Å². The molecule has 128 valence electrons. The predicted molar refractivity (Wildman–Crippen MR) is 115 cm³/mol. The van der Waals surface area contributed by atoms with E-state index < -0.39 is 6.10 Å². The van der Waals surface area contributed by atoms with Gasteiger partial charge in [-0.05, 0) is 47.1 Å². The topological polar surface area (TPSA) is 56.7 Å². The molecule has 2 rings (SSSR count). The van der Waals surface area contributed by atoms with Crippen molar-refractivity contribution in [3.63, 3.8) is 0 Å². The molecule has 0 aliphatic heterocycles. The van der Waals surface area contributed by atoms with E-state index in [0.29, 0.717) is 23.4 Å². The van der Waals surface area contributed by atoms with E-state index in [1.54, 1.807) is 17.4 Å². The number of nitrogens with zero attached hydrogens (tertiary/aromatic N) is 1. The Morgan fingerprint density at radius 2 is 2.09 bits per heavy atom. The maximum absolute atomic E-state index is 10.1. The van der Waals surface area contributed by atoms with Crippen molar-refractivity contribution in [2.24, 2.45) is 4.99 Å². The van der Waals surface area contributed by atoms with Crippen molar-refractivity contribution in [1.29, 1.82) is 0 Å². The lowest BCUT2D eigenvalue weighted by Gasteiger charge is -2.14. The van der Waals surface area contributed by atoms with E-state index in [4.69, 9.17) is 11.6 Å². The molecular weight excluding hydrogens is 533 g/mol. The molecule has 9 heteroatoms. The molecule has 0 aliphatic carbocycles. The molecule has 0 spiro atoms. The average Bonchev–Trinajstić information content (AvgIpc) is 3.10. The second-order valence-electron chi connectivity index (χ2n) is 4.44. The van der Waals surface area contributed by atoms with Crippen LogP contribution in [-0.2, 0) is 6.54 Å². The van der Waals surface area contributed by atoms with E-state index in [2.05, 4.69) is 31.6 Å². The number of thiophene rings is 2. The normalized spacial score (nSPS) is 12.6. The minimum atomic E-state index is -0.600. The van der Waals surface area contributed by atoms with Crippen molar-refractivity contribution in [3.8, 4) is 0 Å². The third-order valence-corrected chi connectivity index (χ3v) is 5.69. The zero-order valence-electron chi connectivity index (χ0n) is 12.4. The first kappa shape index (κ1) is 21.2. The van der Waals surface area contributed by atoms with Crippen LogP contribution in [-0.4, -0.2) is 24.2 Å². The number of aliphatic hydroxyl groups excluding tert-OH is 1. The molecular formula is C14H18BrClIN3OS2. The number of nitrogens with one attached hydrogen (secondary N) is 2. The van der Waals surface area contributed by atoms with E-state index in [9.17, 15) is 5.11 Å². The first-order chi connectivity index (χ1) is 10.6. The molecule has 0 aromatic carbocycles. The molecule has 4 nitrogen and oxygen atoms in total. The van der Waals surface area contributed by atoms with Crippen LogP contribution in [0.4, 0.5) is 0 Å². The number of rotatable bonds is 6. The van der Waals surface area contributed by atoms with E-state index in [0.717, 1.165) is 15.2 Å². The summed E-state index contributed by atoms with van der Waals surface area (Å²) in [4.78, 5) is 6.54. The molecule has 0 fully saturated rings. The third kappa shape index (κ3) is 7.27. The Kier molecular flexibility index (Phi) is 10.0. The Morgan fingerprint density at radius 1 is 1.30 bits per heavy atom. The van der Waals surface area contributed by atoms with Crippen LogP contribution in [0.2, 0.25) is 4.34 Å². The molecule has 2 heterocycles. The Bertz CT molecular complexity index is 635. The maximum atomic E-state index is 10.1. The van der Waals surface area contributed by atoms with E-state index >= 15 is 0 Å². The molecule has 0 bridgehead atoms. The highest BCUT2D eigenvalue weighted by atomic mass is 127. The Morgan fingerprint density at radius 3 is 2.65 bits per heavy atom. The molecule has 0 amide bonds. The van der Waals surface area contributed by atoms with Gasteiger partial charge >= 0.3 is 0 Å². The highest BCUT2D eigenvalue weighted by Crippen LogP contribution is 2.26. The van der Waals surface area contributed by atoms with Gasteiger partial charge in [0.2, 0.25) is 0 Å². The van der Waals surface area contributed by atoms with Gasteiger partial charge in [-0.25, -0.2) is 4.99 Å². The minimum absolute atomic E-state index is 0. The van der Waals surface area contributed by atoms with Gasteiger partial charge < -0.3 is 15.7 Å². The van der Waals surface area contributed by atoms with Crippen LogP contribution in [0.3, 0.4) is 0 Å². The zero-order valence-corrected chi connectivity index (χ0v) is 18.7. The van der Waals surface area contributed by atoms with Crippen LogP contribution in [0.15, 0.2) is 33.0 Å². The molecule has 1 atom stereocenters. The minimum Gasteiger partial charge on any atom is -0.386 e.